The Hall–Kier alpha value is -5.30. The Kier molecular flexibility index (Phi) is 6.99. The highest BCUT2D eigenvalue weighted by Gasteiger charge is 2.59. The van der Waals surface area contributed by atoms with E-state index in [1.54, 1.807) is 0 Å². The van der Waals surface area contributed by atoms with E-state index in [9.17, 15) is 4.79 Å². The maximum Gasteiger partial charge on any atom is 0.737 e. The van der Waals surface area contributed by atoms with Crippen LogP contribution in [0.3, 0.4) is 0 Å². The summed E-state index contributed by atoms with van der Waals surface area (Å²) in [5, 5.41) is 3.02. The molecule has 0 saturated carbocycles. The van der Waals surface area contributed by atoms with Gasteiger partial charge in [0.05, 0.1) is 0 Å². The first-order valence-corrected chi connectivity index (χ1v) is 17.8. The lowest BCUT2D eigenvalue weighted by Crippen LogP contribution is -2.51. The predicted molar refractivity (Wildman–Crippen MR) is 198 cm³/mol. The van der Waals surface area contributed by atoms with Crippen LogP contribution in [0.1, 0.15) is 81.7 Å². The van der Waals surface area contributed by atoms with Gasteiger partial charge in [0.25, 0.3) is 5.91 Å². The predicted octanol–water partition coefficient (Wildman–Crippen LogP) is 9.54. The molecule has 0 saturated heterocycles. The molecule has 4 aliphatic rings. The highest BCUT2D eigenvalue weighted by molar-refractivity contribution is 6.59. The average molecular weight is 662 g/mol. The minimum atomic E-state index is -4.17. The fraction of sp³-hybridized carbons (Fsp3) is 0.209. The van der Waals surface area contributed by atoms with E-state index in [1.165, 1.54) is 8.96 Å². The molecule has 0 spiro atoms. The summed E-state index contributed by atoms with van der Waals surface area (Å²) in [5.74, 6) is -0.124. The molecular weight excluding hydrogens is 623 g/mol. The number of hydrogen-bond donors (Lipinski definition) is 1. The molecule has 2 aliphatic heterocycles. The fourth-order valence-corrected chi connectivity index (χ4v) is 8.91. The molecule has 0 radical (unpaired) electrons. The number of carbonyl (C=O) groups excluding carboxylic acids is 1. The van der Waals surface area contributed by atoms with Crippen molar-refractivity contribution in [2.75, 3.05) is 5.32 Å². The molecule has 5 aromatic rings. The maximum atomic E-state index is 17.5. The minimum absolute atomic E-state index is 0.124. The molecular formula is C43H38BF2N3O. The number of aryl methyl sites for hydroxylation is 2. The molecule has 4 aromatic carbocycles. The molecule has 0 fully saturated rings. The Labute approximate surface area is 291 Å². The number of rotatable bonds is 7. The van der Waals surface area contributed by atoms with E-state index in [0.29, 0.717) is 47.6 Å². The number of amides is 1. The molecule has 50 heavy (non-hydrogen) atoms. The lowest BCUT2D eigenvalue weighted by Gasteiger charge is -2.34. The second-order valence-corrected chi connectivity index (χ2v) is 14.1. The number of nitrogens with zero attached hydrogens (tertiary/aromatic N) is 2. The third kappa shape index (κ3) is 4.48. The second kappa shape index (κ2) is 11.4. The Morgan fingerprint density at radius 2 is 1.54 bits per heavy atom. The highest BCUT2D eigenvalue weighted by atomic mass is 19.2. The summed E-state index contributed by atoms with van der Waals surface area (Å²) in [4.78, 5) is 12.9. The molecule has 248 valence electrons. The van der Waals surface area contributed by atoms with E-state index in [-0.39, 0.29) is 5.91 Å². The molecule has 1 aromatic heterocycles. The summed E-state index contributed by atoms with van der Waals surface area (Å²) in [6, 6.07) is 31.8. The lowest BCUT2D eigenvalue weighted by molar-refractivity contribution is -0.362. The number of hydrogen-bond acceptors (Lipinski definition) is 1. The van der Waals surface area contributed by atoms with Crippen molar-refractivity contribution in [1.29, 1.82) is 0 Å². The van der Waals surface area contributed by atoms with Crippen LogP contribution in [0.5, 0.6) is 0 Å². The molecule has 1 amide bonds. The van der Waals surface area contributed by atoms with Crippen LogP contribution >= 0.6 is 0 Å². The Balaban J connectivity index is 1.07. The van der Waals surface area contributed by atoms with Gasteiger partial charge in [-0.1, -0.05) is 73.7 Å². The van der Waals surface area contributed by atoms with Gasteiger partial charge >= 0.3 is 6.97 Å². The minimum Gasteiger partial charge on any atom is -0.389 e. The van der Waals surface area contributed by atoms with Gasteiger partial charge in [-0.05, 0) is 109 Å². The quantitative estimate of drug-likeness (QED) is 0.170. The number of aromatic nitrogens is 1. The van der Waals surface area contributed by atoms with Gasteiger partial charge in [-0.25, -0.2) is 0 Å². The van der Waals surface area contributed by atoms with Gasteiger partial charge in [-0.2, -0.15) is 0 Å². The molecule has 0 bridgehead atoms. The summed E-state index contributed by atoms with van der Waals surface area (Å²) in [6.45, 7) is 2.00. The third-order valence-electron chi connectivity index (χ3n) is 11.3. The van der Waals surface area contributed by atoms with E-state index in [4.69, 9.17) is 0 Å². The summed E-state index contributed by atoms with van der Waals surface area (Å²) >= 11 is 0. The van der Waals surface area contributed by atoms with Crippen LogP contribution in [0.2, 0.25) is 0 Å². The van der Waals surface area contributed by atoms with E-state index in [2.05, 4.69) is 36.5 Å². The summed E-state index contributed by atoms with van der Waals surface area (Å²) < 4.78 is 37.9. The largest absolute Gasteiger partial charge is 0.737 e. The van der Waals surface area contributed by atoms with Crippen molar-refractivity contribution in [1.82, 2.24) is 4.48 Å². The van der Waals surface area contributed by atoms with E-state index < -0.39 is 6.97 Å². The Morgan fingerprint density at radius 1 is 0.820 bits per heavy atom. The first-order valence-electron chi connectivity index (χ1n) is 17.8. The molecule has 2 aliphatic carbocycles. The normalized spacial score (nSPS) is 16.3. The number of allylic oxidation sites excluding steroid dienone is 3. The fourth-order valence-electron chi connectivity index (χ4n) is 8.91. The molecule has 1 N–H and O–H groups in total. The number of benzene rings is 4. The Bertz CT molecular complexity index is 2380. The van der Waals surface area contributed by atoms with Gasteiger partial charge < -0.3 is 22.9 Å². The molecule has 3 heterocycles. The third-order valence-corrected chi connectivity index (χ3v) is 11.3. The zero-order valence-corrected chi connectivity index (χ0v) is 28.6. The van der Waals surface area contributed by atoms with E-state index in [0.717, 1.165) is 86.2 Å². The van der Waals surface area contributed by atoms with Crippen LogP contribution in [0.25, 0.3) is 16.8 Å². The SMILES string of the molecule is CCc1cccc(C(=O)Nc2ccc(CCCC3=C4C(C)=C5Cc6ccccc6C5=[N+]4[B-](F)(F)n4c3c(C)c3c4-c4ccccc4C3)cc2)c1. The van der Waals surface area contributed by atoms with Crippen LogP contribution in [-0.4, -0.2) is 27.6 Å². The first kappa shape index (κ1) is 30.7. The second-order valence-electron chi connectivity index (χ2n) is 14.1. The summed E-state index contributed by atoms with van der Waals surface area (Å²) in [6.07, 6.45) is 4.51. The molecule has 9 rings (SSSR count). The highest BCUT2D eigenvalue weighted by Crippen LogP contribution is 2.52. The van der Waals surface area contributed by atoms with Crippen molar-refractivity contribution in [3.05, 3.63) is 164 Å². The van der Waals surface area contributed by atoms with Crippen molar-refractivity contribution >= 4 is 29.8 Å². The monoisotopic (exact) mass is 661 g/mol. The molecule has 7 heteroatoms. The average Bonchev–Trinajstić information content (AvgIpc) is 3.85. The van der Waals surface area contributed by atoms with E-state index >= 15 is 8.63 Å². The van der Waals surface area contributed by atoms with Crippen LogP contribution in [0.4, 0.5) is 14.3 Å². The van der Waals surface area contributed by atoms with Gasteiger partial charge in [0, 0.05) is 57.8 Å². The smallest absolute Gasteiger partial charge is 0.389 e. The maximum absolute atomic E-state index is 17.5. The van der Waals surface area contributed by atoms with Gasteiger partial charge in [0.1, 0.15) is 0 Å². The first-order chi connectivity index (χ1) is 24.3. The number of halogens is 2. The number of fused-ring (bicyclic) bond motifs is 9. The Morgan fingerprint density at radius 3 is 2.30 bits per heavy atom. The van der Waals surface area contributed by atoms with Crippen molar-refractivity contribution < 1.29 is 17.9 Å². The number of carbonyl (C=O) groups is 1. The van der Waals surface area contributed by atoms with Crippen molar-refractivity contribution in [3.8, 4) is 11.3 Å². The molecule has 4 nitrogen and oxygen atoms in total. The van der Waals surface area contributed by atoms with Gasteiger partial charge in [0.2, 0.25) is 0 Å². The van der Waals surface area contributed by atoms with Gasteiger partial charge in [0.15, 0.2) is 11.4 Å². The lowest BCUT2D eigenvalue weighted by atomic mass is 9.83. The zero-order valence-electron chi connectivity index (χ0n) is 28.6. The van der Waals surface area contributed by atoms with E-state index in [1.807, 2.05) is 86.6 Å². The van der Waals surface area contributed by atoms with Crippen molar-refractivity contribution in [2.45, 2.75) is 59.3 Å². The van der Waals surface area contributed by atoms with Crippen LogP contribution in [-0.2, 0) is 25.7 Å². The van der Waals surface area contributed by atoms with Crippen molar-refractivity contribution in [3.63, 3.8) is 0 Å². The number of nitrogens with one attached hydrogen (secondary N) is 1. The summed E-state index contributed by atoms with van der Waals surface area (Å²) in [5.41, 5.74) is 15.6. The van der Waals surface area contributed by atoms with Crippen molar-refractivity contribution in [2.24, 2.45) is 0 Å². The number of anilines is 1. The topological polar surface area (TPSA) is 37.0 Å². The van der Waals surface area contributed by atoms with Crippen LogP contribution in [0, 0.1) is 6.92 Å². The van der Waals surface area contributed by atoms with Gasteiger partial charge in [-0.3, -0.25) is 4.79 Å². The molecule has 0 unspecified atom stereocenters. The molecule has 0 atom stereocenters. The van der Waals surface area contributed by atoms with Crippen LogP contribution < -0.4 is 5.32 Å². The standard InChI is InChI=1S/C43H38BF2N3O/c1-4-28-11-9-15-32(23-28)43(50)47-33-21-19-29(20-22-33)12-10-18-36-39-26(2)37-24-30-13-5-7-16-34(30)41(37)48(39)44(45,46)49-40(36)27(3)38-25-31-14-6-8-17-35(31)42(38)49/h5-9,11,13-17,19-23H,4,10,12,18,24-25H2,1-3H3,(H,47,50). The van der Waals surface area contributed by atoms with Crippen LogP contribution in [0.15, 0.2) is 114 Å². The summed E-state index contributed by atoms with van der Waals surface area (Å²) in [7, 11) is 0. The zero-order chi connectivity index (χ0) is 34.3. The van der Waals surface area contributed by atoms with Gasteiger partial charge in [-0.15, -0.1) is 0 Å².